The summed E-state index contributed by atoms with van der Waals surface area (Å²) in [7, 11) is 0. The molecule has 0 saturated carbocycles. The molecule has 0 fully saturated rings. The van der Waals surface area contributed by atoms with Crippen LogP contribution in [-0.4, -0.2) is 23.4 Å². The van der Waals surface area contributed by atoms with Crippen molar-refractivity contribution in [2.24, 2.45) is 11.5 Å². The number of nitrogens with two attached hydrogens (primary N) is 2. The summed E-state index contributed by atoms with van der Waals surface area (Å²) in [6, 6.07) is -0.874. The van der Waals surface area contributed by atoms with Gasteiger partial charge in [-0.05, 0) is 12.1 Å². The molecule has 134 valence electrons. The summed E-state index contributed by atoms with van der Waals surface area (Å²) < 4.78 is 77.9. The van der Waals surface area contributed by atoms with Crippen molar-refractivity contribution in [1.82, 2.24) is 9.71 Å². The first-order valence-corrected chi connectivity index (χ1v) is 6.71. The Bertz CT molecular complexity index is 623. The summed E-state index contributed by atoms with van der Waals surface area (Å²) in [5, 5.41) is 1.92. The van der Waals surface area contributed by atoms with Crippen LogP contribution in [0.2, 0.25) is 0 Å². The Morgan fingerprint density at radius 3 is 2.38 bits per heavy atom. The van der Waals surface area contributed by atoms with E-state index >= 15 is 0 Å². The van der Waals surface area contributed by atoms with E-state index < -0.39 is 59.7 Å². The Balaban J connectivity index is 3.28. The maximum Gasteiger partial charge on any atom is 0.433 e. The zero-order valence-corrected chi connectivity index (χ0v) is 12.4. The quantitative estimate of drug-likeness (QED) is 0.430. The highest BCUT2D eigenvalue weighted by atomic mass is 32.2. The maximum atomic E-state index is 13.1. The van der Waals surface area contributed by atoms with Gasteiger partial charge in [-0.1, -0.05) is 0 Å². The van der Waals surface area contributed by atoms with E-state index in [1.54, 1.807) is 0 Å². The molecule has 0 aliphatic carbocycles. The van der Waals surface area contributed by atoms with Gasteiger partial charge in [0.15, 0.2) is 12.3 Å². The minimum atomic E-state index is -4.87. The van der Waals surface area contributed by atoms with E-state index in [4.69, 9.17) is 11.5 Å². The molecule has 6 nitrogen and oxygen atoms in total. The van der Waals surface area contributed by atoms with Gasteiger partial charge in [0, 0.05) is 6.20 Å². The van der Waals surface area contributed by atoms with Gasteiger partial charge >= 0.3 is 6.18 Å². The second kappa shape index (κ2) is 7.99. The van der Waals surface area contributed by atoms with E-state index in [2.05, 4.69) is 4.98 Å². The van der Waals surface area contributed by atoms with Crippen LogP contribution in [0.1, 0.15) is 16.1 Å². The molecule has 13 heteroatoms. The zero-order valence-electron chi connectivity index (χ0n) is 11.6. The zero-order chi connectivity index (χ0) is 18.5. The number of amides is 1. The number of alkyl halides is 5. The maximum absolute atomic E-state index is 13.1. The Kier molecular flexibility index (Phi) is 6.57. The smallest absolute Gasteiger partial charge is 0.399 e. The first-order chi connectivity index (χ1) is 11.1. The Morgan fingerprint density at radius 2 is 1.92 bits per heavy atom. The summed E-state index contributed by atoms with van der Waals surface area (Å²) in [4.78, 5) is 14.3. The van der Waals surface area contributed by atoms with Crippen molar-refractivity contribution >= 4 is 24.1 Å². The number of anilines is 1. The number of carbonyl (C=O) groups is 1. The van der Waals surface area contributed by atoms with E-state index in [-0.39, 0.29) is 0 Å². The lowest BCUT2D eigenvalue weighted by atomic mass is 10.1. The molecule has 0 saturated heterocycles. The number of aromatic nitrogens is 1. The molecule has 0 aromatic carbocycles. The van der Waals surface area contributed by atoms with Crippen molar-refractivity contribution in [3.8, 4) is 0 Å². The lowest BCUT2D eigenvalue weighted by Crippen LogP contribution is -2.36. The molecule has 6 N–H and O–H groups in total. The van der Waals surface area contributed by atoms with Crippen LogP contribution in [0.4, 0.5) is 31.7 Å². The van der Waals surface area contributed by atoms with Gasteiger partial charge in [-0.2, -0.15) is 13.2 Å². The van der Waals surface area contributed by atoms with Crippen LogP contribution in [0.5, 0.6) is 0 Å². The molecule has 24 heavy (non-hydrogen) atoms. The lowest BCUT2D eigenvalue weighted by Gasteiger charge is -2.21. The molecule has 1 atom stereocenters. The van der Waals surface area contributed by atoms with Crippen LogP contribution in [0, 0.1) is 0 Å². The highest BCUT2D eigenvalue weighted by Gasteiger charge is 2.34. The van der Waals surface area contributed by atoms with Crippen molar-refractivity contribution in [2.75, 3.05) is 5.32 Å². The number of rotatable bonds is 7. The largest absolute Gasteiger partial charge is 0.433 e. The number of nitrogens with zero attached hydrogens (tertiary/aromatic N) is 1. The van der Waals surface area contributed by atoms with Gasteiger partial charge in [0.25, 0.3) is 12.3 Å². The molecule has 1 unspecified atom stereocenters. The van der Waals surface area contributed by atoms with Crippen molar-refractivity contribution in [1.29, 1.82) is 0 Å². The highest BCUT2D eigenvalue weighted by Crippen LogP contribution is 2.30. The van der Waals surface area contributed by atoms with Crippen molar-refractivity contribution in [2.45, 2.75) is 18.6 Å². The van der Waals surface area contributed by atoms with E-state index in [1.165, 1.54) is 0 Å². The summed E-state index contributed by atoms with van der Waals surface area (Å²) >= 11 is -0.438. The SMILES string of the molecule is NC(=O)c1ccc(C(F)(F)F)nc1NC(/C(N)=C/NSF)C(F)F. The van der Waals surface area contributed by atoms with E-state index in [1.807, 2.05) is 10.0 Å². The minimum absolute atomic E-state index is 0.438. The lowest BCUT2D eigenvalue weighted by molar-refractivity contribution is -0.141. The Hall–Kier alpha value is -2.31. The van der Waals surface area contributed by atoms with Gasteiger partial charge in [-0.3, -0.25) is 4.79 Å². The first kappa shape index (κ1) is 19.7. The number of pyridine rings is 1. The monoisotopic (exact) mass is 375 g/mol. The summed E-state index contributed by atoms with van der Waals surface area (Å²) in [6.07, 6.45) is -7.41. The topological polar surface area (TPSA) is 106 Å². The molecule has 0 radical (unpaired) electrons. The normalized spacial score (nSPS) is 13.7. The molecule has 0 aliphatic rings. The number of hydrogen-bond acceptors (Lipinski definition) is 6. The predicted molar refractivity (Wildman–Crippen MR) is 75.3 cm³/mol. The van der Waals surface area contributed by atoms with Gasteiger partial charge in [0.05, 0.1) is 11.3 Å². The van der Waals surface area contributed by atoms with Crippen LogP contribution in [0.25, 0.3) is 0 Å². The molecule has 1 amide bonds. The van der Waals surface area contributed by atoms with Gasteiger partial charge < -0.3 is 21.5 Å². The van der Waals surface area contributed by atoms with Gasteiger partial charge in [0.1, 0.15) is 17.6 Å². The standard InChI is InChI=1S/C11H11F6N5OS/c12-8(13)7(5(18)3-20-24-17)22-10-4(9(19)23)1-2-6(21-10)11(14,15)16/h1-3,7-8,20H,18H2,(H2,19,23)(H,21,22)/b5-3-. The van der Waals surface area contributed by atoms with Crippen LogP contribution in [0.3, 0.4) is 0 Å². The van der Waals surface area contributed by atoms with Crippen LogP contribution >= 0.6 is 12.3 Å². The van der Waals surface area contributed by atoms with Gasteiger partial charge in [-0.15, -0.1) is 3.89 Å². The molecular weight excluding hydrogens is 364 g/mol. The van der Waals surface area contributed by atoms with Crippen LogP contribution in [0.15, 0.2) is 24.0 Å². The molecule has 1 rings (SSSR count). The van der Waals surface area contributed by atoms with Gasteiger partial charge in [0.2, 0.25) is 0 Å². The summed E-state index contributed by atoms with van der Waals surface area (Å²) in [5.74, 6) is -2.02. The number of hydrogen-bond donors (Lipinski definition) is 4. The highest BCUT2D eigenvalue weighted by molar-refractivity contribution is 7.92. The van der Waals surface area contributed by atoms with E-state index in [0.29, 0.717) is 18.3 Å². The Morgan fingerprint density at radius 1 is 1.29 bits per heavy atom. The molecule has 0 spiro atoms. The number of primary amides is 1. The van der Waals surface area contributed by atoms with Crippen LogP contribution < -0.4 is 21.5 Å². The third kappa shape index (κ3) is 5.11. The van der Waals surface area contributed by atoms with Crippen molar-refractivity contribution in [3.05, 3.63) is 35.3 Å². The number of halogens is 6. The second-order valence-corrected chi connectivity index (χ2v) is 4.64. The third-order valence-electron chi connectivity index (χ3n) is 2.62. The Labute approximate surface area is 136 Å². The van der Waals surface area contributed by atoms with Crippen molar-refractivity contribution < 1.29 is 30.6 Å². The fraction of sp³-hybridized carbons (Fsp3) is 0.273. The van der Waals surface area contributed by atoms with Crippen LogP contribution in [-0.2, 0) is 6.18 Å². The fourth-order valence-electron chi connectivity index (χ4n) is 1.55. The average molecular weight is 375 g/mol. The molecule has 1 heterocycles. The molecule has 0 aliphatic heterocycles. The molecule has 1 aromatic rings. The van der Waals surface area contributed by atoms with E-state index in [9.17, 15) is 30.6 Å². The number of nitrogens with one attached hydrogen (secondary N) is 2. The molecular formula is C11H11F6N5OS. The minimum Gasteiger partial charge on any atom is -0.399 e. The predicted octanol–water partition coefficient (Wildman–Crippen LogP) is 2.17. The second-order valence-electron chi connectivity index (χ2n) is 4.25. The first-order valence-electron chi connectivity index (χ1n) is 5.99. The summed E-state index contributed by atoms with van der Waals surface area (Å²) in [6.45, 7) is 0. The van der Waals surface area contributed by atoms with Crippen molar-refractivity contribution in [3.63, 3.8) is 0 Å². The fourth-order valence-corrected chi connectivity index (χ4v) is 1.73. The van der Waals surface area contributed by atoms with E-state index in [0.717, 1.165) is 0 Å². The summed E-state index contributed by atoms with van der Waals surface area (Å²) in [5.41, 5.74) is 7.69. The number of carbonyl (C=O) groups excluding carboxylic acids is 1. The third-order valence-corrected chi connectivity index (χ3v) is 2.83. The van der Waals surface area contributed by atoms with Gasteiger partial charge in [-0.25, -0.2) is 13.8 Å². The average Bonchev–Trinajstić information content (AvgIpc) is 2.48. The molecule has 1 aromatic heterocycles. The molecule has 0 bridgehead atoms.